The van der Waals surface area contributed by atoms with Gasteiger partial charge in [-0.2, -0.15) is 0 Å². The van der Waals surface area contributed by atoms with E-state index < -0.39 is 17.5 Å². The van der Waals surface area contributed by atoms with Crippen LogP contribution in [0.3, 0.4) is 0 Å². The number of anilines is 1. The zero-order valence-electron chi connectivity index (χ0n) is 11.8. The van der Waals surface area contributed by atoms with Crippen LogP contribution in [-0.4, -0.2) is 17.0 Å². The van der Waals surface area contributed by atoms with Crippen LogP contribution in [0.4, 0.5) is 5.69 Å². The van der Waals surface area contributed by atoms with Gasteiger partial charge in [-0.05, 0) is 41.8 Å². The highest BCUT2D eigenvalue weighted by Crippen LogP contribution is 2.14. The molecule has 0 unspecified atom stereocenters. The maximum absolute atomic E-state index is 12.2. The van der Waals surface area contributed by atoms with Crippen LogP contribution >= 0.6 is 0 Å². The van der Waals surface area contributed by atoms with Crippen molar-refractivity contribution >= 4 is 28.3 Å². The Kier molecular flexibility index (Phi) is 3.64. The molecule has 6 heteroatoms. The van der Waals surface area contributed by atoms with Crippen molar-refractivity contribution in [2.45, 2.75) is 0 Å². The third kappa shape index (κ3) is 2.96. The van der Waals surface area contributed by atoms with Gasteiger partial charge in [0.2, 0.25) is 0 Å². The lowest BCUT2D eigenvalue weighted by atomic mass is 10.1. The molecule has 0 radical (unpaired) electrons. The molecule has 3 rings (SSSR count). The van der Waals surface area contributed by atoms with E-state index in [-0.39, 0.29) is 11.3 Å². The highest BCUT2D eigenvalue weighted by Gasteiger charge is 2.12. The molecule has 23 heavy (non-hydrogen) atoms. The molecule has 1 amide bonds. The van der Waals surface area contributed by atoms with Gasteiger partial charge in [0.15, 0.2) is 5.76 Å². The SMILES string of the molecule is O=C(O)c1ccc(NC(=O)c2cc3ccccc3c(=O)o2)cc1. The maximum atomic E-state index is 12.2. The van der Waals surface area contributed by atoms with Crippen molar-refractivity contribution in [3.8, 4) is 0 Å². The van der Waals surface area contributed by atoms with Crippen LogP contribution in [0.2, 0.25) is 0 Å². The topological polar surface area (TPSA) is 96.6 Å². The molecule has 0 saturated heterocycles. The number of fused-ring (bicyclic) bond motifs is 1. The molecule has 0 spiro atoms. The van der Waals surface area contributed by atoms with E-state index in [9.17, 15) is 14.4 Å². The largest absolute Gasteiger partial charge is 0.478 e. The van der Waals surface area contributed by atoms with Gasteiger partial charge in [0.05, 0.1) is 10.9 Å². The highest BCUT2D eigenvalue weighted by atomic mass is 16.4. The molecule has 1 heterocycles. The van der Waals surface area contributed by atoms with Crippen molar-refractivity contribution in [1.82, 2.24) is 0 Å². The molecular formula is C17H11NO5. The fraction of sp³-hybridized carbons (Fsp3) is 0. The van der Waals surface area contributed by atoms with Crippen molar-refractivity contribution in [1.29, 1.82) is 0 Å². The minimum Gasteiger partial charge on any atom is -0.478 e. The van der Waals surface area contributed by atoms with E-state index >= 15 is 0 Å². The Bertz CT molecular complexity index is 957. The van der Waals surface area contributed by atoms with Crippen molar-refractivity contribution < 1.29 is 19.1 Å². The lowest BCUT2D eigenvalue weighted by Crippen LogP contribution is -2.15. The standard InChI is InChI=1S/C17H11NO5/c19-15(18-12-7-5-10(6-8-12)16(20)21)14-9-11-3-1-2-4-13(11)17(22)23-14/h1-9H,(H,18,19)(H,20,21). The quantitative estimate of drug-likeness (QED) is 0.775. The van der Waals surface area contributed by atoms with Gasteiger partial charge in [-0.25, -0.2) is 9.59 Å². The van der Waals surface area contributed by atoms with E-state index in [4.69, 9.17) is 9.52 Å². The van der Waals surface area contributed by atoms with E-state index in [1.54, 1.807) is 24.3 Å². The first-order valence-electron chi connectivity index (χ1n) is 6.72. The molecule has 0 aliphatic heterocycles. The Hall–Kier alpha value is -3.41. The van der Waals surface area contributed by atoms with Crippen LogP contribution in [-0.2, 0) is 0 Å². The van der Waals surface area contributed by atoms with E-state index in [0.717, 1.165) is 0 Å². The molecule has 0 aliphatic rings. The van der Waals surface area contributed by atoms with Crippen molar-refractivity contribution in [2.24, 2.45) is 0 Å². The predicted molar refractivity (Wildman–Crippen MR) is 83.8 cm³/mol. The third-order valence-corrected chi connectivity index (χ3v) is 3.28. The minimum absolute atomic E-state index is 0.111. The first kappa shape index (κ1) is 14.5. The Morgan fingerprint density at radius 1 is 1.00 bits per heavy atom. The molecule has 0 atom stereocenters. The Morgan fingerprint density at radius 2 is 1.70 bits per heavy atom. The molecule has 1 aromatic heterocycles. The summed E-state index contributed by atoms with van der Waals surface area (Å²) in [7, 11) is 0. The second kappa shape index (κ2) is 5.76. The summed E-state index contributed by atoms with van der Waals surface area (Å²) in [5.74, 6) is -1.75. The van der Waals surface area contributed by atoms with E-state index in [1.165, 1.54) is 30.3 Å². The smallest absolute Gasteiger partial charge is 0.344 e. The van der Waals surface area contributed by atoms with Crippen LogP contribution in [0.15, 0.2) is 63.8 Å². The first-order chi connectivity index (χ1) is 11.0. The average Bonchev–Trinajstić information content (AvgIpc) is 2.55. The molecule has 0 bridgehead atoms. The number of amides is 1. The van der Waals surface area contributed by atoms with Crippen molar-refractivity contribution in [3.63, 3.8) is 0 Å². The van der Waals surface area contributed by atoms with Crippen LogP contribution in [0.5, 0.6) is 0 Å². The van der Waals surface area contributed by atoms with Gasteiger partial charge >= 0.3 is 11.6 Å². The number of aromatic carboxylic acids is 1. The van der Waals surface area contributed by atoms with E-state index in [0.29, 0.717) is 16.5 Å². The van der Waals surface area contributed by atoms with Crippen LogP contribution < -0.4 is 10.9 Å². The predicted octanol–water partition coefficient (Wildman–Crippen LogP) is 2.74. The summed E-state index contributed by atoms with van der Waals surface area (Å²) in [4.78, 5) is 34.8. The van der Waals surface area contributed by atoms with Gasteiger partial charge in [0, 0.05) is 5.69 Å². The normalized spacial score (nSPS) is 10.4. The fourth-order valence-corrected chi connectivity index (χ4v) is 2.14. The number of carbonyl (C=O) groups excluding carboxylic acids is 1. The lowest BCUT2D eigenvalue weighted by Gasteiger charge is -2.05. The number of carbonyl (C=O) groups is 2. The summed E-state index contributed by atoms with van der Waals surface area (Å²) in [5.41, 5.74) is -0.0782. The lowest BCUT2D eigenvalue weighted by molar-refractivity contribution is 0.0696. The number of hydrogen-bond donors (Lipinski definition) is 2. The molecule has 2 N–H and O–H groups in total. The van der Waals surface area contributed by atoms with Gasteiger partial charge in [0.1, 0.15) is 0 Å². The Balaban J connectivity index is 1.88. The fourth-order valence-electron chi connectivity index (χ4n) is 2.14. The summed E-state index contributed by atoms with van der Waals surface area (Å²) in [6, 6.07) is 13.9. The number of benzene rings is 2. The summed E-state index contributed by atoms with van der Waals surface area (Å²) in [5, 5.41) is 12.4. The van der Waals surface area contributed by atoms with E-state index in [1.807, 2.05) is 0 Å². The molecule has 0 aliphatic carbocycles. The zero-order valence-corrected chi connectivity index (χ0v) is 11.8. The van der Waals surface area contributed by atoms with Gasteiger partial charge < -0.3 is 14.8 Å². The maximum Gasteiger partial charge on any atom is 0.344 e. The summed E-state index contributed by atoms with van der Waals surface area (Å²) < 4.78 is 5.02. The number of carboxylic acids is 1. The molecule has 3 aromatic rings. The molecule has 0 fully saturated rings. The highest BCUT2D eigenvalue weighted by molar-refractivity contribution is 6.04. The third-order valence-electron chi connectivity index (χ3n) is 3.28. The second-order valence-electron chi connectivity index (χ2n) is 4.82. The number of rotatable bonds is 3. The Morgan fingerprint density at radius 3 is 2.39 bits per heavy atom. The Labute approximate surface area is 130 Å². The van der Waals surface area contributed by atoms with Crippen molar-refractivity contribution in [2.75, 3.05) is 5.32 Å². The van der Waals surface area contributed by atoms with Crippen molar-refractivity contribution in [3.05, 3.63) is 76.3 Å². The second-order valence-corrected chi connectivity index (χ2v) is 4.82. The monoisotopic (exact) mass is 309 g/mol. The van der Waals surface area contributed by atoms with Gasteiger partial charge in [-0.3, -0.25) is 4.79 Å². The van der Waals surface area contributed by atoms with Gasteiger partial charge in [-0.1, -0.05) is 18.2 Å². The van der Waals surface area contributed by atoms with Gasteiger partial charge in [-0.15, -0.1) is 0 Å². The number of nitrogens with one attached hydrogen (secondary N) is 1. The molecular weight excluding hydrogens is 298 g/mol. The summed E-state index contributed by atoms with van der Waals surface area (Å²) in [6.45, 7) is 0. The average molecular weight is 309 g/mol. The minimum atomic E-state index is -1.05. The van der Waals surface area contributed by atoms with Crippen LogP contribution in [0, 0.1) is 0 Å². The molecule has 2 aromatic carbocycles. The van der Waals surface area contributed by atoms with E-state index in [2.05, 4.69) is 5.32 Å². The van der Waals surface area contributed by atoms with Gasteiger partial charge in [0.25, 0.3) is 5.91 Å². The summed E-state index contributed by atoms with van der Waals surface area (Å²) >= 11 is 0. The number of hydrogen-bond acceptors (Lipinski definition) is 4. The van der Waals surface area contributed by atoms with Crippen LogP contribution in [0.25, 0.3) is 10.8 Å². The molecule has 114 valence electrons. The molecule has 6 nitrogen and oxygen atoms in total. The zero-order chi connectivity index (χ0) is 16.4. The molecule has 0 saturated carbocycles. The summed E-state index contributed by atoms with van der Waals surface area (Å²) in [6.07, 6.45) is 0. The number of carboxylic acid groups (broad SMARTS) is 1. The first-order valence-corrected chi connectivity index (χ1v) is 6.72. The van der Waals surface area contributed by atoms with Crippen LogP contribution in [0.1, 0.15) is 20.9 Å².